The molecule has 0 aliphatic heterocycles. The van der Waals surface area contributed by atoms with Gasteiger partial charge in [0.05, 0.1) is 0 Å². The van der Waals surface area contributed by atoms with E-state index >= 15 is 0 Å². The van der Waals surface area contributed by atoms with Gasteiger partial charge in [0.2, 0.25) is 11.8 Å². The lowest BCUT2D eigenvalue weighted by atomic mass is 10.1. The summed E-state index contributed by atoms with van der Waals surface area (Å²) in [5, 5.41) is 4.01. The maximum absolute atomic E-state index is 11.9. The van der Waals surface area contributed by atoms with E-state index in [0.717, 1.165) is 24.8 Å². The number of carbonyl (C=O) groups is 2. The average molecular weight is 315 g/mol. The Balaban J connectivity index is 1.75. The predicted molar refractivity (Wildman–Crippen MR) is 92.2 cm³/mol. The molecule has 0 unspecified atom stereocenters. The van der Waals surface area contributed by atoms with Crippen molar-refractivity contribution >= 4 is 22.7 Å². The van der Waals surface area contributed by atoms with Crippen molar-refractivity contribution in [3.05, 3.63) is 36.0 Å². The average Bonchev–Trinajstić information content (AvgIpc) is 2.96. The van der Waals surface area contributed by atoms with Crippen molar-refractivity contribution in [2.45, 2.75) is 32.6 Å². The molecule has 1 aromatic heterocycles. The first kappa shape index (κ1) is 17.1. The number of fused-ring (bicyclic) bond motifs is 1. The lowest BCUT2D eigenvalue weighted by Gasteiger charge is -2.16. The molecule has 0 atom stereocenters. The number of H-pyrrole nitrogens is 1. The number of hydrogen-bond acceptors (Lipinski definition) is 2. The van der Waals surface area contributed by atoms with Crippen LogP contribution in [0.1, 0.15) is 31.7 Å². The second-order valence-electron chi connectivity index (χ2n) is 5.81. The summed E-state index contributed by atoms with van der Waals surface area (Å²) in [6.07, 6.45) is 4.64. The van der Waals surface area contributed by atoms with E-state index in [1.165, 1.54) is 10.9 Å². The fourth-order valence-corrected chi connectivity index (χ4v) is 2.53. The van der Waals surface area contributed by atoms with Crippen LogP contribution in [0.15, 0.2) is 30.5 Å². The summed E-state index contributed by atoms with van der Waals surface area (Å²) in [7, 11) is 1.75. The fourth-order valence-electron chi connectivity index (χ4n) is 2.53. The number of amides is 2. The molecule has 2 rings (SSSR count). The topological polar surface area (TPSA) is 65.2 Å². The van der Waals surface area contributed by atoms with Gasteiger partial charge >= 0.3 is 0 Å². The second kappa shape index (κ2) is 8.36. The molecule has 0 saturated carbocycles. The molecule has 0 bridgehead atoms. The zero-order valence-electron chi connectivity index (χ0n) is 13.9. The first-order valence-corrected chi connectivity index (χ1v) is 8.17. The summed E-state index contributed by atoms with van der Waals surface area (Å²) in [4.78, 5) is 28.6. The van der Waals surface area contributed by atoms with Crippen LogP contribution in [0.25, 0.3) is 10.9 Å². The highest BCUT2D eigenvalue weighted by Gasteiger charge is 2.13. The van der Waals surface area contributed by atoms with Gasteiger partial charge in [-0.3, -0.25) is 9.59 Å². The molecule has 2 amide bonds. The minimum Gasteiger partial charge on any atom is -0.361 e. The van der Waals surface area contributed by atoms with Crippen LogP contribution in [-0.4, -0.2) is 41.8 Å². The summed E-state index contributed by atoms with van der Waals surface area (Å²) in [5.74, 6) is -0.332. The molecule has 0 aliphatic rings. The van der Waals surface area contributed by atoms with Crippen molar-refractivity contribution in [1.82, 2.24) is 15.2 Å². The summed E-state index contributed by atoms with van der Waals surface area (Å²) >= 11 is 0. The van der Waals surface area contributed by atoms with Crippen LogP contribution >= 0.6 is 0 Å². The van der Waals surface area contributed by atoms with Gasteiger partial charge in [0.25, 0.3) is 0 Å². The molecule has 2 aromatic rings. The summed E-state index contributed by atoms with van der Waals surface area (Å²) in [6, 6.07) is 8.09. The Bertz CT molecular complexity index is 663. The van der Waals surface area contributed by atoms with Gasteiger partial charge in [0, 0.05) is 37.2 Å². The van der Waals surface area contributed by atoms with Crippen molar-refractivity contribution in [3.8, 4) is 0 Å². The number of nitrogens with zero attached hydrogens (tertiary/aromatic N) is 1. The van der Waals surface area contributed by atoms with Crippen LogP contribution < -0.4 is 5.32 Å². The first-order chi connectivity index (χ1) is 11.1. The van der Waals surface area contributed by atoms with Crippen LogP contribution in [0.2, 0.25) is 0 Å². The standard InChI is InChI=1S/C18H25N3O2/c1-3-4-11-21(2)18(23)12-17(22)19-10-9-14-13-20-16-8-6-5-7-15(14)16/h5-8,13,20H,3-4,9-12H2,1-2H3,(H,19,22). The Morgan fingerprint density at radius 3 is 2.83 bits per heavy atom. The number of rotatable bonds is 8. The molecule has 1 heterocycles. The van der Waals surface area contributed by atoms with Crippen molar-refractivity contribution < 1.29 is 9.59 Å². The molecule has 23 heavy (non-hydrogen) atoms. The number of aromatic nitrogens is 1. The van der Waals surface area contributed by atoms with Gasteiger partial charge in [-0.15, -0.1) is 0 Å². The minimum absolute atomic E-state index is 0.0753. The third-order valence-electron chi connectivity index (χ3n) is 3.98. The van der Waals surface area contributed by atoms with E-state index in [-0.39, 0.29) is 18.2 Å². The Kier molecular flexibility index (Phi) is 6.20. The second-order valence-corrected chi connectivity index (χ2v) is 5.81. The third-order valence-corrected chi connectivity index (χ3v) is 3.98. The number of carbonyl (C=O) groups excluding carboxylic acids is 2. The molecular formula is C18H25N3O2. The molecule has 124 valence electrons. The van der Waals surface area contributed by atoms with Gasteiger partial charge in [-0.1, -0.05) is 31.5 Å². The Morgan fingerprint density at radius 1 is 1.26 bits per heavy atom. The smallest absolute Gasteiger partial charge is 0.231 e. The van der Waals surface area contributed by atoms with E-state index in [1.807, 2.05) is 24.4 Å². The minimum atomic E-state index is -0.210. The molecule has 0 aliphatic carbocycles. The van der Waals surface area contributed by atoms with E-state index in [1.54, 1.807) is 11.9 Å². The van der Waals surface area contributed by atoms with Crippen LogP contribution in [-0.2, 0) is 16.0 Å². The van der Waals surface area contributed by atoms with Gasteiger partial charge in [-0.2, -0.15) is 0 Å². The highest BCUT2D eigenvalue weighted by Crippen LogP contribution is 2.17. The Labute approximate surface area is 137 Å². The molecule has 0 fully saturated rings. The Hall–Kier alpha value is -2.30. The highest BCUT2D eigenvalue weighted by atomic mass is 16.2. The van der Waals surface area contributed by atoms with Crippen LogP contribution in [0, 0.1) is 0 Å². The quantitative estimate of drug-likeness (QED) is 0.735. The molecule has 0 spiro atoms. The summed E-state index contributed by atoms with van der Waals surface area (Å²) in [5.41, 5.74) is 2.27. The van der Waals surface area contributed by atoms with Gasteiger partial charge in [0.1, 0.15) is 6.42 Å². The molecule has 5 nitrogen and oxygen atoms in total. The maximum Gasteiger partial charge on any atom is 0.231 e. The zero-order valence-corrected chi connectivity index (χ0v) is 13.9. The van der Waals surface area contributed by atoms with Crippen molar-refractivity contribution in [1.29, 1.82) is 0 Å². The van der Waals surface area contributed by atoms with Crippen LogP contribution in [0.4, 0.5) is 0 Å². The molecule has 2 N–H and O–H groups in total. The number of benzene rings is 1. The monoisotopic (exact) mass is 315 g/mol. The lowest BCUT2D eigenvalue weighted by molar-refractivity contribution is -0.135. The van der Waals surface area contributed by atoms with Crippen molar-refractivity contribution in [2.24, 2.45) is 0 Å². The Morgan fingerprint density at radius 2 is 2.04 bits per heavy atom. The molecular weight excluding hydrogens is 290 g/mol. The number of hydrogen-bond donors (Lipinski definition) is 2. The molecule has 5 heteroatoms. The van der Waals surface area contributed by atoms with Crippen LogP contribution in [0.3, 0.4) is 0 Å². The van der Waals surface area contributed by atoms with E-state index in [0.29, 0.717) is 13.1 Å². The van der Waals surface area contributed by atoms with Gasteiger partial charge in [-0.25, -0.2) is 0 Å². The largest absolute Gasteiger partial charge is 0.361 e. The number of aromatic amines is 1. The lowest BCUT2D eigenvalue weighted by Crippen LogP contribution is -2.34. The maximum atomic E-state index is 11.9. The van der Waals surface area contributed by atoms with Crippen LogP contribution in [0.5, 0.6) is 0 Å². The number of unbranched alkanes of at least 4 members (excludes halogenated alkanes) is 1. The van der Waals surface area contributed by atoms with E-state index in [9.17, 15) is 9.59 Å². The van der Waals surface area contributed by atoms with Crippen molar-refractivity contribution in [3.63, 3.8) is 0 Å². The molecule has 0 saturated heterocycles. The fraction of sp³-hybridized carbons (Fsp3) is 0.444. The number of para-hydroxylation sites is 1. The predicted octanol–water partition coefficient (Wildman–Crippen LogP) is 2.48. The summed E-state index contributed by atoms with van der Waals surface area (Å²) < 4.78 is 0. The van der Waals surface area contributed by atoms with Crippen molar-refractivity contribution in [2.75, 3.05) is 20.1 Å². The first-order valence-electron chi connectivity index (χ1n) is 8.17. The zero-order chi connectivity index (χ0) is 16.7. The SMILES string of the molecule is CCCCN(C)C(=O)CC(=O)NCCc1c[nH]c2ccccc12. The van der Waals surface area contributed by atoms with E-state index in [4.69, 9.17) is 0 Å². The van der Waals surface area contributed by atoms with Gasteiger partial charge in [0.15, 0.2) is 0 Å². The summed E-state index contributed by atoms with van der Waals surface area (Å²) in [6.45, 7) is 3.32. The number of nitrogens with one attached hydrogen (secondary N) is 2. The third kappa shape index (κ3) is 4.84. The molecule has 1 aromatic carbocycles. The van der Waals surface area contributed by atoms with Gasteiger partial charge in [-0.05, 0) is 24.5 Å². The van der Waals surface area contributed by atoms with E-state index < -0.39 is 0 Å². The van der Waals surface area contributed by atoms with Gasteiger partial charge < -0.3 is 15.2 Å². The van der Waals surface area contributed by atoms with E-state index in [2.05, 4.69) is 23.3 Å². The molecule has 0 radical (unpaired) electrons. The normalized spacial score (nSPS) is 10.7. The highest BCUT2D eigenvalue weighted by molar-refractivity contribution is 5.96.